The minimum absolute atomic E-state index is 0.134. The smallest absolute Gasteiger partial charge is 0.279 e. The Labute approximate surface area is 174 Å². The number of hydrogen-bond acceptors (Lipinski definition) is 5. The van der Waals surface area contributed by atoms with Crippen LogP contribution in [0.2, 0.25) is 0 Å². The highest BCUT2D eigenvalue weighted by Crippen LogP contribution is 2.39. The molecule has 1 heterocycles. The number of non-ortho nitro benzene ring substituents is 1. The van der Waals surface area contributed by atoms with E-state index in [9.17, 15) is 20.0 Å². The topological polar surface area (TPSA) is 105 Å². The van der Waals surface area contributed by atoms with Gasteiger partial charge in [-0.1, -0.05) is 45.0 Å². The lowest BCUT2D eigenvalue weighted by Gasteiger charge is -2.22. The van der Waals surface area contributed by atoms with Crippen molar-refractivity contribution >= 4 is 22.5 Å². The first-order chi connectivity index (χ1) is 14.3. The zero-order valence-electron chi connectivity index (χ0n) is 17.3. The molecule has 3 rings (SSSR count). The first-order valence-electron chi connectivity index (χ1n) is 9.97. The number of aromatic nitrogens is 1. The van der Waals surface area contributed by atoms with Crippen molar-refractivity contribution in [2.45, 2.75) is 45.6 Å². The summed E-state index contributed by atoms with van der Waals surface area (Å²) in [5.74, 6) is -0.0314. The standard InChI is InChI=1S/C23H25N3O4/c1-4-6-20(27)25-21(16-10-8-15(9-11-16)14(2)3)18-13-19(26(29)30)17-7-5-12-24-22(17)23(18)28/h5,7-14,21,28H,4,6H2,1-3H3,(H,25,27)/t21-/m0/s1. The van der Waals surface area contributed by atoms with Gasteiger partial charge in [-0.15, -0.1) is 0 Å². The van der Waals surface area contributed by atoms with Gasteiger partial charge in [-0.2, -0.15) is 0 Å². The zero-order chi connectivity index (χ0) is 21.8. The number of nitrogens with zero attached hydrogens (tertiary/aromatic N) is 2. The molecular weight excluding hydrogens is 382 g/mol. The van der Waals surface area contributed by atoms with Gasteiger partial charge in [0.2, 0.25) is 5.91 Å². The molecule has 0 saturated carbocycles. The number of phenolic OH excluding ortho intramolecular Hbond substituents is 1. The maximum Gasteiger partial charge on any atom is 0.279 e. The summed E-state index contributed by atoms with van der Waals surface area (Å²) in [4.78, 5) is 27.8. The molecule has 3 aromatic rings. The molecule has 30 heavy (non-hydrogen) atoms. The van der Waals surface area contributed by atoms with Gasteiger partial charge in [0.1, 0.15) is 11.3 Å². The molecule has 1 amide bonds. The lowest BCUT2D eigenvalue weighted by Crippen LogP contribution is -2.29. The van der Waals surface area contributed by atoms with Gasteiger partial charge in [0.05, 0.1) is 16.4 Å². The fourth-order valence-corrected chi connectivity index (χ4v) is 3.48. The van der Waals surface area contributed by atoms with E-state index in [0.29, 0.717) is 18.8 Å². The molecule has 2 N–H and O–H groups in total. The first kappa shape index (κ1) is 21.2. The number of fused-ring (bicyclic) bond motifs is 1. The minimum Gasteiger partial charge on any atom is -0.505 e. The number of carbonyl (C=O) groups excluding carboxylic acids is 1. The largest absolute Gasteiger partial charge is 0.505 e. The van der Waals surface area contributed by atoms with Crippen LogP contribution in [-0.4, -0.2) is 20.9 Å². The maximum atomic E-state index is 12.4. The predicted octanol–water partition coefficient (Wildman–Crippen LogP) is 4.98. The Morgan fingerprint density at radius 1 is 1.20 bits per heavy atom. The van der Waals surface area contributed by atoms with Crippen molar-refractivity contribution in [2.24, 2.45) is 0 Å². The van der Waals surface area contributed by atoms with Crippen LogP contribution in [0.25, 0.3) is 10.9 Å². The van der Waals surface area contributed by atoms with Crippen molar-refractivity contribution in [3.63, 3.8) is 0 Å². The average Bonchev–Trinajstić information content (AvgIpc) is 2.73. The van der Waals surface area contributed by atoms with E-state index in [4.69, 9.17) is 0 Å². The molecule has 156 valence electrons. The molecule has 0 aliphatic rings. The molecule has 2 aromatic carbocycles. The van der Waals surface area contributed by atoms with Crippen LogP contribution in [-0.2, 0) is 4.79 Å². The molecule has 7 nitrogen and oxygen atoms in total. The van der Waals surface area contributed by atoms with Gasteiger partial charge in [0.25, 0.3) is 5.69 Å². The van der Waals surface area contributed by atoms with E-state index in [1.165, 1.54) is 12.3 Å². The molecular formula is C23H25N3O4. The number of nitro groups is 1. The van der Waals surface area contributed by atoms with E-state index >= 15 is 0 Å². The maximum absolute atomic E-state index is 12.4. The van der Waals surface area contributed by atoms with Crippen molar-refractivity contribution in [3.8, 4) is 5.75 Å². The summed E-state index contributed by atoms with van der Waals surface area (Å²) in [6, 6.07) is 11.4. The van der Waals surface area contributed by atoms with Gasteiger partial charge in [0.15, 0.2) is 0 Å². The van der Waals surface area contributed by atoms with Crippen LogP contribution >= 0.6 is 0 Å². The number of nitro benzene ring substituents is 1. The molecule has 0 bridgehead atoms. The second-order valence-corrected chi connectivity index (χ2v) is 7.56. The molecule has 0 aliphatic carbocycles. The molecule has 1 aromatic heterocycles. The molecule has 0 saturated heterocycles. The monoisotopic (exact) mass is 407 g/mol. The SMILES string of the molecule is CCCC(=O)N[C@@H](c1ccc(C(C)C)cc1)c1cc([N+](=O)[O-])c2cccnc2c1O. The van der Waals surface area contributed by atoms with Crippen molar-refractivity contribution in [1.82, 2.24) is 10.3 Å². The second kappa shape index (κ2) is 8.90. The first-order valence-corrected chi connectivity index (χ1v) is 9.97. The number of hydrogen-bond donors (Lipinski definition) is 2. The summed E-state index contributed by atoms with van der Waals surface area (Å²) in [6.07, 6.45) is 2.45. The summed E-state index contributed by atoms with van der Waals surface area (Å²) >= 11 is 0. The number of amides is 1. The fraction of sp³-hybridized carbons (Fsp3) is 0.304. The van der Waals surface area contributed by atoms with Gasteiger partial charge < -0.3 is 10.4 Å². The van der Waals surface area contributed by atoms with Crippen LogP contribution in [0.15, 0.2) is 48.7 Å². The summed E-state index contributed by atoms with van der Waals surface area (Å²) in [6.45, 7) is 6.06. The number of carbonyl (C=O) groups is 1. The second-order valence-electron chi connectivity index (χ2n) is 7.56. The molecule has 7 heteroatoms. The molecule has 0 radical (unpaired) electrons. The number of aromatic hydroxyl groups is 1. The Morgan fingerprint density at radius 3 is 2.47 bits per heavy atom. The van der Waals surface area contributed by atoms with E-state index < -0.39 is 11.0 Å². The summed E-state index contributed by atoms with van der Waals surface area (Å²) in [7, 11) is 0. The lowest BCUT2D eigenvalue weighted by molar-refractivity contribution is -0.383. The quantitative estimate of drug-likeness (QED) is 0.424. The third kappa shape index (κ3) is 4.25. The third-order valence-electron chi connectivity index (χ3n) is 5.10. The normalized spacial score (nSPS) is 12.1. The van der Waals surface area contributed by atoms with Crippen LogP contribution in [0, 0.1) is 10.1 Å². The third-order valence-corrected chi connectivity index (χ3v) is 5.10. The highest BCUT2D eigenvalue weighted by Gasteiger charge is 2.26. The van der Waals surface area contributed by atoms with Crippen molar-refractivity contribution < 1.29 is 14.8 Å². The van der Waals surface area contributed by atoms with E-state index in [1.807, 2.05) is 31.2 Å². The lowest BCUT2D eigenvalue weighted by atomic mass is 9.93. The summed E-state index contributed by atoms with van der Waals surface area (Å²) < 4.78 is 0. The molecule has 0 fully saturated rings. The van der Waals surface area contributed by atoms with E-state index in [1.54, 1.807) is 12.1 Å². The minimum atomic E-state index is -0.740. The van der Waals surface area contributed by atoms with Crippen LogP contribution in [0.3, 0.4) is 0 Å². The van der Waals surface area contributed by atoms with Gasteiger partial charge in [-0.25, -0.2) is 0 Å². The van der Waals surface area contributed by atoms with Gasteiger partial charge in [0, 0.05) is 24.2 Å². The Hall–Kier alpha value is -3.48. The zero-order valence-corrected chi connectivity index (χ0v) is 17.3. The number of pyridine rings is 1. The van der Waals surface area contributed by atoms with Crippen molar-refractivity contribution in [2.75, 3.05) is 0 Å². The van der Waals surface area contributed by atoms with Gasteiger partial charge in [-0.3, -0.25) is 19.9 Å². The van der Waals surface area contributed by atoms with Crippen LogP contribution in [0.5, 0.6) is 5.75 Å². The Bertz CT molecular complexity index is 1080. The highest BCUT2D eigenvalue weighted by atomic mass is 16.6. The van der Waals surface area contributed by atoms with E-state index in [2.05, 4.69) is 24.1 Å². The van der Waals surface area contributed by atoms with Gasteiger partial charge >= 0.3 is 0 Å². The summed E-state index contributed by atoms with van der Waals surface area (Å²) in [5, 5.41) is 25.8. The van der Waals surface area contributed by atoms with Crippen molar-refractivity contribution in [1.29, 1.82) is 0 Å². The van der Waals surface area contributed by atoms with E-state index in [-0.39, 0.29) is 33.8 Å². The molecule has 1 atom stereocenters. The molecule has 0 unspecified atom stereocenters. The predicted molar refractivity (Wildman–Crippen MR) is 115 cm³/mol. The van der Waals surface area contributed by atoms with Crippen LogP contribution in [0.1, 0.15) is 62.3 Å². The Morgan fingerprint density at radius 2 is 1.87 bits per heavy atom. The number of rotatable bonds is 7. The number of phenols is 1. The Balaban J connectivity index is 2.20. The van der Waals surface area contributed by atoms with E-state index in [0.717, 1.165) is 11.1 Å². The van der Waals surface area contributed by atoms with Gasteiger partial charge in [-0.05, 0) is 35.6 Å². The average molecular weight is 407 g/mol. The molecule has 0 aliphatic heterocycles. The molecule has 0 spiro atoms. The van der Waals surface area contributed by atoms with Crippen molar-refractivity contribution in [3.05, 3.63) is 75.5 Å². The number of benzene rings is 2. The van der Waals surface area contributed by atoms with Crippen LogP contribution in [0.4, 0.5) is 5.69 Å². The number of nitrogens with one attached hydrogen (secondary N) is 1. The fourth-order valence-electron chi connectivity index (χ4n) is 3.48. The van der Waals surface area contributed by atoms with Crippen LogP contribution < -0.4 is 5.32 Å². The summed E-state index contributed by atoms with van der Waals surface area (Å²) in [5.41, 5.74) is 2.07. The highest BCUT2D eigenvalue weighted by molar-refractivity contribution is 5.94. The Kier molecular flexibility index (Phi) is 6.30.